The molecule has 0 bridgehead atoms. The van der Waals surface area contributed by atoms with Crippen molar-refractivity contribution in [2.24, 2.45) is 0 Å². The van der Waals surface area contributed by atoms with Crippen molar-refractivity contribution in [3.05, 3.63) is 41.5 Å². The van der Waals surface area contributed by atoms with Crippen molar-refractivity contribution in [1.29, 1.82) is 0 Å². The fourth-order valence-corrected chi connectivity index (χ4v) is 5.29. The Kier molecular flexibility index (Phi) is 5.25. The molecule has 5 nitrogen and oxygen atoms in total. The smallest absolute Gasteiger partial charge is 0.187 e. The molecule has 2 N–H and O–H groups in total. The lowest BCUT2D eigenvalue weighted by Crippen LogP contribution is -3.12. The van der Waals surface area contributed by atoms with Gasteiger partial charge in [0.2, 0.25) is 0 Å². The van der Waals surface area contributed by atoms with E-state index in [-0.39, 0.29) is 0 Å². The highest BCUT2D eigenvalue weighted by molar-refractivity contribution is 7.17. The molecule has 1 aliphatic carbocycles. The van der Waals surface area contributed by atoms with Crippen LogP contribution >= 0.6 is 11.3 Å². The Balaban J connectivity index is 1.54. The number of aromatic nitrogens is 2. The van der Waals surface area contributed by atoms with E-state index >= 15 is 0 Å². The van der Waals surface area contributed by atoms with Crippen LogP contribution in [-0.4, -0.2) is 42.3 Å². The topological polar surface area (TPSA) is 51.5 Å². The van der Waals surface area contributed by atoms with Gasteiger partial charge in [-0.1, -0.05) is 43.2 Å². The van der Waals surface area contributed by atoms with Crippen LogP contribution in [0.2, 0.25) is 0 Å². The largest absolute Gasteiger partial charge is 0.370 e. The van der Waals surface area contributed by atoms with E-state index in [9.17, 15) is 0 Å². The van der Waals surface area contributed by atoms with Crippen LogP contribution in [-0.2, 0) is 11.3 Å². The predicted octanol–water partition coefficient (Wildman–Crippen LogP) is 3.13. The van der Waals surface area contributed by atoms with Crippen LogP contribution in [0.5, 0.6) is 0 Å². The average Bonchev–Trinajstić information content (AvgIpc) is 3.39. The van der Waals surface area contributed by atoms with Crippen LogP contribution in [0.1, 0.15) is 31.5 Å². The highest BCUT2D eigenvalue weighted by Crippen LogP contribution is 2.37. The molecule has 1 saturated carbocycles. The molecule has 6 heteroatoms. The van der Waals surface area contributed by atoms with Crippen molar-refractivity contribution in [2.45, 2.75) is 38.3 Å². The second-order valence-electron chi connectivity index (χ2n) is 7.85. The third-order valence-corrected chi connectivity index (χ3v) is 6.74. The van der Waals surface area contributed by atoms with Gasteiger partial charge in [-0.3, -0.25) is 0 Å². The number of rotatable bonds is 5. The van der Waals surface area contributed by atoms with Gasteiger partial charge in [-0.2, -0.15) is 0 Å². The normalized spacial score (nSPS) is 18.7. The zero-order valence-corrected chi connectivity index (χ0v) is 16.9. The highest BCUT2D eigenvalue weighted by Gasteiger charge is 2.22. The molecule has 0 spiro atoms. The molecule has 0 amide bonds. The monoisotopic (exact) mass is 395 g/mol. The van der Waals surface area contributed by atoms with Gasteiger partial charge in [-0.05, 0) is 18.4 Å². The fraction of sp³-hybridized carbons (Fsp3) is 0.455. The summed E-state index contributed by atoms with van der Waals surface area (Å²) < 4.78 is 5.50. The van der Waals surface area contributed by atoms with Crippen molar-refractivity contribution in [1.82, 2.24) is 9.97 Å². The zero-order chi connectivity index (χ0) is 18.8. The molecule has 0 unspecified atom stereocenters. The lowest BCUT2D eigenvalue weighted by atomic mass is 10.1. The Morgan fingerprint density at radius 3 is 2.64 bits per heavy atom. The maximum absolute atomic E-state index is 5.50. The molecule has 2 fully saturated rings. The Hall–Kier alpha value is -2.02. The van der Waals surface area contributed by atoms with E-state index in [0.717, 1.165) is 49.3 Å². The lowest BCUT2D eigenvalue weighted by Gasteiger charge is -2.23. The van der Waals surface area contributed by atoms with Crippen molar-refractivity contribution >= 4 is 27.4 Å². The number of fused-ring (bicyclic) bond motifs is 1. The first-order valence-electron chi connectivity index (χ1n) is 10.4. The van der Waals surface area contributed by atoms with E-state index in [4.69, 9.17) is 14.7 Å². The molecule has 0 radical (unpaired) electrons. The Morgan fingerprint density at radius 1 is 1.07 bits per heavy atom. The maximum atomic E-state index is 5.50. The van der Waals surface area contributed by atoms with Crippen LogP contribution in [0.15, 0.2) is 35.7 Å². The highest BCUT2D eigenvalue weighted by atomic mass is 32.1. The van der Waals surface area contributed by atoms with Crippen LogP contribution in [0, 0.1) is 0 Å². The second-order valence-corrected chi connectivity index (χ2v) is 8.71. The Bertz CT molecular complexity index is 930. The summed E-state index contributed by atoms with van der Waals surface area (Å²) in [5, 5.41) is 7.20. The van der Waals surface area contributed by atoms with Crippen molar-refractivity contribution in [3.63, 3.8) is 0 Å². The predicted molar refractivity (Wildman–Crippen MR) is 114 cm³/mol. The van der Waals surface area contributed by atoms with E-state index in [1.807, 2.05) is 0 Å². The molecule has 3 aromatic rings. The minimum Gasteiger partial charge on any atom is -0.370 e. The molecule has 3 heterocycles. The Labute approximate surface area is 169 Å². The summed E-state index contributed by atoms with van der Waals surface area (Å²) in [7, 11) is 0. The van der Waals surface area contributed by atoms with Gasteiger partial charge in [0.05, 0.1) is 18.6 Å². The molecule has 1 saturated heterocycles. The molecule has 5 rings (SSSR count). The molecule has 28 heavy (non-hydrogen) atoms. The molecule has 146 valence electrons. The van der Waals surface area contributed by atoms with Gasteiger partial charge in [0.1, 0.15) is 30.3 Å². The minimum atomic E-state index is 0.533. The lowest BCUT2D eigenvalue weighted by molar-refractivity contribution is -0.922. The summed E-state index contributed by atoms with van der Waals surface area (Å²) in [6, 6.07) is 11.1. The van der Waals surface area contributed by atoms with Crippen LogP contribution in [0.4, 0.5) is 5.82 Å². The first-order chi connectivity index (χ1) is 13.9. The number of hydrogen-bond donors (Lipinski definition) is 2. The van der Waals surface area contributed by atoms with Gasteiger partial charge in [0.25, 0.3) is 0 Å². The van der Waals surface area contributed by atoms with E-state index in [2.05, 4.69) is 41.0 Å². The maximum Gasteiger partial charge on any atom is 0.187 e. The zero-order valence-electron chi connectivity index (χ0n) is 16.1. The number of nitrogens with zero attached hydrogens (tertiary/aromatic N) is 2. The van der Waals surface area contributed by atoms with Gasteiger partial charge >= 0.3 is 0 Å². The molecule has 0 atom stereocenters. The average molecular weight is 396 g/mol. The molecule has 2 aliphatic rings. The number of anilines is 1. The number of thiophene rings is 1. The summed E-state index contributed by atoms with van der Waals surface area (Å²) in [4.78, 5) is 12.6. The number of hydrogen-bond acceptors (Lipinski definition) is 5. The van der Waals surface area contributed by atoms with Crippen LogP contribution in [0.3, 0.4) is 0 Å². The number of benzene rings is 1. The van der Waals surface area contributed by atoms with Crippen LogP contribution < -0.4 is 10.2 Å². The number of quaternary nitrogens is 1. The number of morpholine rings is 1. The first kappa shape index (κ1) is 18.0. The van der Waals surface area contributed by atoms with E-state index in [1.54, 1.807) is 11.3 Å². The molecule has 1 aliphatic heterocycles. The van der Waals surface area contributed by atoms with E-state index in [0.29, 0.717) is 6.04 Å². The number of nitrogens with one attached hydrogen (secondary N) is 2. The summed E-state index contributed by atoms with van der Waals surface area (Å²) in [5.41, 5.74) is 2.48. The summed E-state index contributed by atoms with van der Waals surface area (Å²) >= 11 is 1.73. The quantitative estimate of drug-likeness (QED) is 0.697. The standard InChI is InChI=1S/C22H26N4OS/c1-2-6-16(7-3-1)18-15-28-22-20(18)21(23-17-8-4-5-9-17)24-19(25-22)14-26-10-12-27-13-11-26/h1-3,6-7,15,17H,4-5,8-14H2,(H,23,24,25)/p+1. The fourth-order valence-electron chi connectivity index (χ4n) is 4.32. The van der Waals surface area contributed by atoms with Gasteiger partial charge in [-0.15, -0.1) is 11.3 Å². The molecular formula is C22H27N4OS+. The van der Waals surface area contributed by atoms with Crippen molar-refractivity contribution < 1.29 is 9.64 Å². The summed E-state index contributed by atoms with van der Waals surface area (Å²) in [6.45, 7) is 4.61. The van der Waals surface area contributed by atoms with Gasteiger partial charge < -0.3 is 15.0 Å². The van der Waals surface area contributed by atoms with Crippen molar-refractivity contribution in [3.8, 4) is 11.1 Å². The molecule has 2 aromatic heterocycles. The van der Waals surface area contributed by atoms with Crippen molar-refractivity contribution in [2.75, 3.05) is 31.6 Å². The van der Waals surface area contributed by atoms with E-state index < -0.39 is 0 Å². The van der Waals surface area contributed by atoms with Gasteiger partial charge in [0, 0.05) is 17.0 Å². The summed E-state index contributed by atoms with van der Waals surface area (Å²) in [5.74, 6) is 1.98. The Morgan fingerprint density at radius 2 is 1.86 bits per heavy atom. The first-order valence-corrected chi connectivity index (χ1v) is 11.3. The van der Waals surface area contributed by atoms with Gasteiger partial charge in [0.15, 0.2) is 5.82 Å². The van der Waals surface area contributed by atoms with Crippen LogP contribution in [0.25, 0.3) is 21.3 Å². The SMILES string of the molecule is c1ccc(-c2csc3nc(C[NH+]4CCOCC4)nc(NC4CCCC4)c23)cc1. The third kappa shape index (κ3) is 3.77. The van der Waals surface area contributed by atoms with E-state index in [1.165, 1.54) is 47.1 Å². The number of ether oxygens (including phenoxy) is 1. The molecule has 1 aromatic carbocycles. The summed E-state index contributed by atoms with van der Waals surface area (Å²) in [6.07, 6.45) is 5.10. The minimum absolute atomic E-state index is 0.533. The third-order valence-electron chi connectivity index (χ3n) is 5.87. The second kappa shape index (κ2) is 8.15. The van der Waals surface area contributed by atoms with Gasteiger partial charge in [-0.25, -0.2) is 9.97 Å². The molecular weight excluding hydrogens is 368 g/mol.